The maximum Gasteiger partial charge on any atom is 0.273 e. The van der Waals surface area contributed by atoms with Crippen LogP contribution in [0.5, 0.6) is 5.75 Å². The van der Waals surface area contributed by atoms with Gasteiger partial charge < -0.3 is 15.4 Å². The van der Waals surface area contributed by atoms with E-state index < -0.39 is 6.04 Å². The van der Waals surface area contributed by atoms with Crippen molar-refractivity contribution in [2.24, 2.45) is 0 Å². The van der Waals surface area contributed by atoms with E-state index in [1.165, 1.54) is 19.2 Å². The van der Waals surface area contributed by atoms with E-state index in [-0.39, 0.29) is 23.5 Å². The molecule has 1 atom stereocenters. The van der Waals surface area contributed by atoms with Crippen LogP contribution in [0, 0.1) is 5.82 Å². The maximum atomic E-state index is 13.5. The average molecular weight is 347 g/mol. The third-order valence-corrected chi connectivity index (χ3v) is 4.43. The number of carbonyl (C=O) groups excluding carboxylic acids is 1. The molecule has 2 heterocycles. The lowest BCUT2D eigenvalue weighted by Gasteiger charge is -2.22. The van der Waals surface area contributed by atoms with Crippen LogP contribution >= 0.6 is 0 Å². The van der Waals surface area contributed by atoms with Gasteiger partial charge in [-0.2, -0.15) is 0 Å². The van der Waals surface area contributed by atoms with Gasteiger partial charge in [0.25, 0.3) is 5.91 Å². The highest BCUT2D eigenvalue weighted by Gasteiger charge is 2.21. The van der Waals surface area contributed by atoms with E-state index in [1.807, 2.05) is 0 Å². The Morgan fingerprint density at radius 2 is 2.20 bits per heavy atom. The minimum atomic E-state index is -0.429. The Labute approximate surface area is 145 Å². The van der Waals surface area contributed by atoms with Crippen LogP contribution in [0.2, 0.25) is 0 Å². The molecule has 0 saturated carbocycles. The summed E-state index contributed by atoms with van der Waals surface area (Å²) in [6, 6.07) is 4.05. The first-order chi connectivity index (χ1) is 12.1. The Bertz CT molecular complexity index is 742. The number of carbonyl (C=O) groups is 1. The van der Waals surface area contributed by atoms with Gasteiger partial charge in [0.15, 0.2) is 5.69 Å². The number of methoxy groups -OCH3 is 1. The molecule has 1 aromatic carbocycles. The number of halogens is 1. The molecule has 3 rings (SSSR count). The van der Waals surface area contributed by atoms with Crippen LogP contribution in [0.25, 0.3) is 0 Å². The highest BCUT2D eigenvalue weighted by molar-refractivity contribution is 5.92. The van der Waals surface area contributed by atoms with E-state index in [0.717, 1.165) is 25.9 Å². The van der Waals surface area contributed by atoms with Crippen LogP contribution in [0.1, 0.15) is 47.9 Å². The molecule has 25 heavy (non-hydrogen) atoms. The molecule has 0 bridgehead atoms. The first-order valence-electron chi connectivity index (χ1n) is 8.35. The molecule has 8 heteroatoms. The number of ether oxygens (including phenoxy) is 1. The number of amides is 1. The van der Waals surface area contributed by atoms with E-state index in [2.05, 4.69) is 20.9 Å². The van der Waals surface area contributed by atoms with Gasteiger partial charge in [0.05, 0.1) is 25.4 Å². The molecule has 1 aliphatic heterocycles. The number of nitrogens with zero attached hydrogens (tertiary/aromatic N) is 3. The largest absolute Gasteiger partial charge is 0.496 e. The smallest absolute Gasteiger partial charge is 0.273 e. The van der Waals surface area contributed by atoms with Crippen LogP contribution in [0.4, 0.5) is 4.39 Å². The van der Waals surface area contributed by atoms with Crippen molar-refractivity contribution in [1.82, 2.24) is 25.6 Å². The van der Waals surface area contributed by atoms with E-state index in [0.29, 0.717) is 11.3 Å². The first-order valence-corrected chi connectivity index (χ1v) is 8.35. The highest BCUT2D eigenvalue weighted by Crippen LogP contribution is 2.26. The number of hydrogen-bond acceptors (Lipinski definition) is 5. The molecular formula is C17H22FN5O2. The second-order valence-corrected chi connectivity index (χ2v) is 6.15. The van der Waals surface area contributed by atoms with E-state index in [4.69, 9.17) is 4.74 Å². The second kappa shape index (κ2) is 7.60. The zero-order chi connectivity index (χ0) is 17.8. The molecule has 1 amide bonds. The first kappa shape index (κ1) is 17.3. The highest BCUT2D eigenvalue weighted by atomic mass is 19.1. The summed E-state index contributed by atoms with van der Waals surface area (Å²) >= 11 is 0. The van der Waals surface area contributed by atoms with Crippen LogP contribution in [-0.2, 0) is 0 Å². The van der Waals surface area contributed by atoms with Crippen molar-refractivity contribution in [3.05, 3.63) is 41.5 Å². The van der Waals surface area contributed by atoms with Crippen LogP contribution in [0.3, 0.4) is 0 Å². The fraction of sp³-hybridized carbons (Fsp3) is 0.471. The number of aromatic nitrogens is 3. The number of hydrogen-bond donors (Lipinski definition) is 2. The summed E-state index contributed by atoms with van der Waals surface area (Å²) < 4.78 is 20.5. The van der Waals surface area contributed by atoms with E-state index >= 15 is 0 Å². The van der Waals surface area contributed by atoms with Gasteiger partial charge in [-0.25, -0.2) is 9.07 Å². The number of piperidine rings is 1. The van der Waals surface area contributed by atoms with Crippen LogP contribution < -0.4 is 15.4 Å². The Hall–Kier alpha value is -2.48. The van der Waals surface area contributed by atoms with E-state index in [1.54, 1.807) is 23.9 Å². The Morgan fingerprint density at radius 3 is 2.92 bits per heavy atom. The van der Waals surface area contributed by atoms with Crippen molar-refractivity contribution >= 4 is 5.91 Å². The molecule has 0 radical (unpaired) electrons. The molecular weight excluding hydrogens is 325 g/mol. The predicted octanol–water partition coefficient (Wildman–Crippen LogP) is 1.84. The van der Waals surface area contributed by atoms with Crippen molar-refractivity contribution in [1.29, 1.82) is 0 Å². The zero-order valence-electron chi connectivity index (χ0n) is 14.3. The summed E-state index contributed by atoms with van der Waals surface area (Å²) in [5.41, 5.74) is 0.822. The standard InChI is InChI=1S/C17H22FN5O2/c1-11(14-9-12(18)3-4-16(14)25-2)20-17(24)15-10-23(22-21-15)13-5-7-19-8-6-13/h3-4,9-11,13,19H,5-8H2,1-2H3,(H,20,24)/t11-/m0/s1. The van der Waals surface area contributed by atoms with Gasteiger partial charge >= 0.3 is 0 Å². The van der Waals surface area contributed by atoms with Crippen molar-refractivity contribution in [2.45, 2.75) is 31.8 Å². The predicted molar refractivity (Wildman–Crippen MR) is 90.0 cm³/mol. The monoisotopic (exact) mass is 347 g/mol. The molecule has 0 aliphatic carbocycles. The molecule has 2 N–H and O–H groups in total. The third kappa shape index (κ3) is 3.96. The molecule has 1 saturated heterocycles. The van der Waals surface area contributed by atoms with E-state index in [9.17, 15) is 9.18 Å². The Morgan fingerprint density at radius 1 is 1.44 bits per heavy atom. The van der Waals surface area contributed by atoms with Crippen LogP contribution in [-0.4, -0.2) is 41.1 Å². The molecule has 134 valence electrons. The molecule has 1 aromatic heterocycles. The normalized spacial score (nSPS) is 16.4. The molecule has 7 nitrogen and oxygen atoms in total. The molecule has 0 unspecified atom stereocenters. The summed E-state index contributed by atoms with van der Waals surface area (Å²) in [5, 5.41) is 14.2. The van der Waals surface area contributed by atoms with Crippen LogP contribution in [0.15, 0.2) is 24.4 Å². The quantitative estimate of drug-likeness (QED) is 0.863. The second-order valence-electron chi connectivity index (χ2n) is 6.15. The lowest BCUT2D eigenvalue weighted by atomic mass is 10.1. The van der Waals surface area contributed by atoms with Gasteiger partial charge in [0.2, 0.25) is 0 Å². The molecule has 2 aromatic rings. The Balaban J connectivity index is 1.70. The number of benzene rings is 1. The number of nitrogens with one attached hydrogen (secondary N) is 2. The minimum Gasteiger partial charge on any atom is -0.496 e. The van der Waals surface area contributed by atoms with Gasteiger partial charge in [0.1, 0.15) is 11.6 Å². The molecule has 0 spiro atoms. The summed E-state index contributed by atoms with van der Waals surface area (Å²) in [6.07, 6.45) is 3.59. The van der Waals surface area contributed by atoms with Gasteiger partial charge in [0, 0.05) is 5.56 Å². The number of rotatable bonds is 5. The SMILES string of the molecule is COc1ccc(F)cc1[C@H](C)NC(=O)c1cn(C2CCNCC2)nn1. The van der Waals surface area contributed by atoms with Crippen molar-refractivity contribution in [3.8, 4) is 5.75 Å². The van der Waals surface area contributed by atoms with Gasteiger partial charge in [-0.3, -0.25) is 4.79 Å². The average Bonchev–Trinajstić information content (AvgIpc) is 3.12. The van der Waals surface area contributed by atoms with Crippen molar-refractivity contribution < 1.29 is 13.9 Å². The summed E-state index contributed by atoms with van der Waals surface area (Å²) in [5.74, 6) is -0.208. The lowest BCUT2D eigenvalue weighted by Crippen LogP contribution is -2.29. The summed E-state index contributed by atoms with van der Waals surface area (Å²) in [6.45, 7) is 3.64. The van der Waals surface area contributed by atoms with Gasteiger partial charge in [-0.05, 0) is 51.1 Å². The topological polar surface area (TPSA) is 81.1 Å². The zero-order valence-corrected chi connectivity index (χ0v) is 14.3. The fourth-order valence-electron chi connectivity index (χ4n) is 3.02. The lowest BCUT2D eigenvalue weighted by molar-refractivity contribution is 0.0934. The minimum absolute atomic E-state index is 0.251. The van der Waals surface area contributed by atoms with Crippen molar-refractivity contribution in [3.63, 3.8) is 0 Å². The summed E-state index contributed by atoms with van der Waals surface area (Å²) in [7, 11) is 1.51. The molecule has 1 aliphatic rings. The maximum absolute atomic E-state index is 13.5. The third-order valence-electron chi connectivity index (χ3n) is 4.43. The fourth-order valence-corrected chi connectivity index (χ4v) is 3.02. The van der Waals surface area contributed by atoms with Crippen molar-refractivity contribution in [2.75, 3.05) is 20.2 Å². The molecule has 1 fully saturated rings. The Kier molecular flexibility index (Phi) is 5.28. The van der Waals surface area contributed by atoms with Gasteiger partial charge in [-0.15, -0.1) is 5.10 Å². The summed E-state index contributed by atoms with van der Waals surface area (Å²) in [4.78, 5) is 12.4. The van der Waals surface area contributed by atoms with Gasteiger partial charge in [-0.1, -0.05) is 5.21 Å².